The molecule has 0 aliphatic heterocycles. The molecule has 0 heterocycles. The standard InChI is InChI=1S/C9H9NO4/c1-14-9(12)8(10-13)6-4-2-3-5-7(6)11/h2-5,8,11H,1H3. The van der Waals surface area contributed by atoms with Gasteiger partial charge in [0, 0.05) is 5.56 Å². The molecule has 1 atom stereocenters. The van der Waals surface area contributed by atoms with E-state index in [1.165, 1.54) is 12.1 Å². The van der Waals surface area contributed by atoms with Gasteiger partial charge in [0.15, 0.2) is 0 Å². The summed E-state index contributed by atoms with van der Waals surface area (Å²) in [4.78, 5) is 21.5. The molecule has 14 heavy (non-hydrogen) atoms. The normalized spacial score (nSPS) is 11.8. The number of carbonyl (C=O) groups is 1. The van der Waals surface area contributed by atoms with Crippen molar-refractivity contribution in [3.05, 3.63) is 34.7 Å². The molecule has 5 heteroatoms. The molecular weight excluding hydrogens is 186 g/mol. The van der Waals surface area contributed by atoms with Crippen LogP contribution in [-0.2, 0) is 9.53 Å². The van der Waals surface area contributed by atoms with Crippen molar-refractivity contribution in [2.75, 3.05) is 7.11 Å². The summed E-state index contributed by atoms with van der Waals surface area (Å²) >= 11 is 0. The Balaban J connectivity index is 3.07. The molecule has 74 valence electrons. The van der Waals surface area contributed by atoms with Gasteiger partial charge in [-0.2, -0.15) is 0 Å². The number of aromatic hydroxyl groups is 1. The predicted molar refractivity (Wildman–Crippen MR) is 48.7 cm³/mol. The van der Waals surface area contributed by atoms with Gasteiger partial charge in [0.1, 0.15) is 5.75 Å². The summed E-state index contributed by atoms with van der Waals surface area (Å²) in [7, 11) is 1.15. The zero-order chi connectivity index (χ0) is 10.6. The van der Waals surface area contributed by atoms with Crippen molar-refractivity contribution in [1.29, 1.82) is 0 Å². The number of hydrogen-bond donors (Lipinski definition) is 1. The number of carbonyl (C=O) groups excluding carboxylic acids is 1. The highest BCUT2D eigenvalue weighted by Crippen LogP contribution is 2.26. The Morgan fingerprint density at radius 1 is 1.50 bits per heavy atom. The molecule has 1 aromatic rings. The second-order valence-corrected chi connectivity index (χ2v) is 2.59. The van der Waals surface area contributed by atoms with Gasteiger partial charge in [-0.25, -0.2) is 4.79 Å². The van der Waals surface area contributed by atoms with Crippen molar-refractivity contribution in [3.63, 3.8) is 0 Å². The maximum Gasteiger partial charge on any atom is 0.339 e. The van der Waals surface area contributed by atoms with E-state index in [-0.39, 0.29) is 11.3 Å². The third-order valence-corrected chi connectivity index (χ3v) is 1.76. The van der Waals surface area contributed by atoms with E-state index < -0.39 is 12.0 Å². The first-order chi connectivity index (χ1) is 6.70. The maximum absolute atomic E-state index is 11.1. The van der Waals surface area contributed by atoms with Gasteiger partial charge < -0.3 is 9.84 Å². The van der Waals surface area contributed by atoms with E-state index in [4.69, 9.17) is 0 Å². The van der Waals surface area contributed by atoms with E-state index in [2.05, 4.69) is 9.91 Å². The number of hydrogen-bond acceptors (Lipinski definition) is 5. The third kappa shape index (κ3) is 1.87. The van der Waals surface area contributed by atoms with Gasteiger partial charge in [0.2, 0.25) is 6.04 Å². The summed E-state index contributed by atoms with van der Waals surface area (Å²) in [6.45, 7) is 0. The minimum absolute atomic E-state index is 0.148. The first-order valence-electron chi connectivity index (χ1n) is 3.89. The summed E-state index contributed by atoms with van der Waals surface area (Å²) in [5.74, 6) is -0.941. The molecule has 1 unspecified atom stereocenters. The average Bonchev–Trinajstić information content (AvgIpc) is 2.21. The molecule has 0 amide bonds. The Kier molecular flexibility index (Phi) is 3.17. The summed E-state index contributed by atoms with van der Waals surface area (Å²) in [6, 6.07) is 4.68. The van der Waals surface area contributed by atoms with Gasteiger partial charge in [-0.3, -0.25) is 0 Å². The molecule has 0 saturated carbocycles. The molecule has 5 nitrogen and oxygen atoms in total. The highest BCUT2D eigenvalue weighted by molar-refractivity contribution is 5.78. The topological polar surface area (TPSA) is 76.0 Å². The van der Waals surface area contributed by atoms with Crippen LogP contribution in [0.25, 0.3) is 0 Å². The summed E-state index contributed by atoms with van der Waals surface area (Å²) in [6.07, 6.45) is 0. The van der Waals surface area contributed by atoms with E-state index in [0.29, 0.717) is 0 Å². The van der Waals surface area contributed by atoms with E-state index in [1.54, 1.807) is 12.1 Å². The average molecular weight is 195 g/mol. The summed E-state index contributed by atoms with van der Waals surface area (Å²) < 4.78 is 4.37. The monoisotopic (exact) mass is 195 g/mol. The van der Waals surface area contributed by atoms with Crippen LogP contribution in [0.4, 0.5) is 0 Å². The van der Waals surface area contributed by atoms with Crippen LogP contribution in [0.5, 0.6) is 5.75 Å². The van der Waals surface area contributed by atoms with Crippen LogP contribution in [0.2, 0.25) is 0 Å². The van der Waals surface area contributed by atoms with Crippen LogP contribution in [-0.4, -0.2) is 18.2 Å². The van der Waals surface area contributed by atoms with Crippen LogP contribution in [0, 0.1) is 4.91 Å². The molecular formula is C9H9NO4. The number of nitrogens with zero attached hydrogens (tertiary/aromatic N) is 1. The number of nitroso groups, excluding NO2 is 1. The molecule has 0 saturated heterocycles. The lowest BCUT2D eigenvalue weighted by Crippen LogP contribution is -2.11. The maximum atomic E-state index is 11.1. The van der Waals surface area contributed by atoms with Crippen LogP contribution >= 0.6 is 0 Å². The number of rotatable bonds is 3. The highest BCUT2D eigenvalue weighted by Gasteiger charge is 2.24. The van der Waals surface area contributed by atoms with E-state index in [0.717, 1.165) is 7.11 Å². The highest BCUT2D eigenvalue weighted by atomic mass is 16.5. The number of methoxy groups -OCH3 is 1. The van der Waals surface area contributed by atoms with E-state index in [9.17, 15) is 14.8 Å². The minimum Gasteiger partial charge on any atom is -0.508 e. The van der Waals surface area contributed by atoms with Gasteiger partial charge >= 0.3 is 5.97 Å². The Bertz CT molecular complexity index is 350. The number of para-hydroxylation sites is 1. The number of benzene rings is 1. The molecule has 1 aromatic carbocycles. The van der Waals surface area contributed by atoms with Gasteiger partial charge in [0.05, 0.1) is 7.11 Å². The quantitative estimate of drug-likeness (QED) is 0.583. The van der Waals surface area contributed by atoms with Gasteiger partial charge in [-0.1, -0.05) is 18.2 Å². The molecule has 0 bridgehead atoms. The van der Waals surface area contributed by atoms with Crippen molar-refractivity contribution in [2.45, 2.75) is 6.04 Å². The number of esters is 1. The molecule has 0 fully saturated rings. The SMILES string of the molecule is COC(=O)C(N=O)c1ccccc1O. The molecule has 0 radical (unpaired) electrons. The van der Waals surface area contributed by atoms with Crippen molar-refractivity contribution < 1.29 is 14.6 Å². The smallest absolute Gasteiger partial charge is 0.339 e. The van der Waals surface area contributed by atoms with Crippen LogP contribution < -0.4 is 0 Å². The number of ether oxygens (including phenoxy) is 1. The van der Waals surface area contributed by atoms with Gasteiger partial charge in [0.25, 0.3) is 0 Å². The fraction of sp³-hybridized carbons (Fsp3) is 0.222. The Labute approximate surface area is 80.3 Å². The molecule has 0 aromatic heterocycles. The van der Waals surface area contributed by atoms with Crippen molar-refractivity contribution in [1.82, 2.24) is 0 Å². The number of phenolic OH excluding ortho intramolecular Hbond substituents is 1. The molecule has 0 aliphatic carbocycles. The molecule has 0 aliphatic rings. The van der Waals surface area contributed by atoms with Crippen molar-refractivity contribution in [2.24, 2.45) is 5.18 Å². The number of phenols is 1. The second kappa shape index (κ2) is 4.36. The van der Waals surface area contributed by atoms with E-state index >= 15 is 0 Å². The summed E-state index contributed by atoms with van der Waals surface area (Å²) in [5.41, 5.74) is 0.148. The zero-order valence-electron chi connectivity index (χ0n) is 7.51. The van der Waals surface area contributed by atoms with Crippen LogP contribution in [0.1, 0.15) is 11.6 Å². The lowest BCUT2D eigenvalue weighted by Gasteiger charge is -2.08. The molecule has 1 rings (SSSR count). The largest absolute Gasteiger partial charge is 0.508 e. The fourth-order valence-corrected chi connectivity index (χ4v) is 1.06. The van der Waals surface area contributed by atoms with Crippen molar-refractivity contribution in [3.8, 4) is 5.75 Å². The lowest BCUT2D eigenvalue weighted by molar-refractivity contribution is -0.142. The Hall–Kier alpha value is -1.91. The van der Waals surface area contributed by atoms with Crippen molar-refractivity contribution >= 4 is 5.97 Å². The Morgan fingerprint density at radius 2 is 2.14 bits per heavy atom. The third-order valence-electron chi connectivity index (χ3n) is 1.76. The minimum atomic E-state index is -1.30. The zero-order valence-corrected chi connectivity index (χ0v) is 7.51. The van der Waals surface area contributed by atoms with Gasteiger partial charge in [-0.05, 0) is 11.2 Å². The fourth-order valence-electron chi connectivity index (χ4n) is 1.06. The molecule has 1 N–H and O–H groups in total. The van der Waals surface area contributed by atoms with E-state index in [1.807, 2.05) is 0 Å². The van der Waals surface area contributed by atoms with Crippen LogP contribution in [0.15, 0.2) is 29.4 Å². The Morgan fingerprint density at radius 3 is 2.64 bits per heavy atom. The van der Waals surface area contributed by atoms with Gasteiger partial charge in [-0.15, -0.1) is 4.91 Å². The van der Waals surface area contributed by atoms with Crippen LogP contribution in [0.3, 0.4) is 0 Å². The lowest BCUT2D eigenvalue weighted by atomic mass is 10.1. The first-order valence-corrected chi connectivity index (χ1v) is 3.89. The molecule has 0 spiro atoms. The first kappa shape index (κ1) is 10.2. The summed E-state index contributed by atoms with van der Waals surface area (Å²) in [5, 5.41) is 12.0. The predicted octanol–water partition coefficient (Wildman–Crippen LogP) is 1.37. The second-order valence-electron chi connectivity index (χ2n) is 2.59.